The summed E-state index contributed by atoms with van der Waals surface area (Å²) in [6, 6.07) is 0. The van der Waals surface area contributed by atoms with Crippen LogP contribution in [0.2, 0.25) is 0 Å². The van der Waals surface area contributed by atoms with Crippen molar-refractivity contribution in [1.82, 2.24) is 0 Å². The maximum absolute atomic E-state index is 6.49. The standard InChI is InChI=1S/C4H7/c1-3-4-2/h3H,1-2,4H2/i2D2. The molecule has 0 aromatic heterocycles. The van der Waals surface area contributed by atoms with Crippen LogP contribution >= 0.6 is 0 Å². The van der Waals surface area contributed by atoms with Crippen LogP contribution < -0.4 is 0 Å². The molecule has 0 aromatic carbocycles. The van der Waals surface area contributed by atoms with Gasteiger partial charge in [-0.05, 0) is 13.3 Å². The molecule has 0 unspecified atom stereocenters. The summed E-state index contributed by atoms with van der Waals surface area (Å²) in [5, 5.41) is 0. The highest BCUT2D eigenvalue weighted by atomic mass is 13.5. The fourth-order valence-electron chi connectivity index (χ4n) is 0. The van der Waals surface area contributed by atoms with E-state index in [9.17, 15) is 0 Å². The molecule has 23 valence electrons. The number of rotatable bonds is 2. The van der Waals surface area contributed by atoms with Crippen molar-refractivity contribution in [2.24, 2.45) is 0 Å². The molecule has 0 aliphatic rings. The average molecular weight is 57.1 g/mol. The van der Waals surface area contributed by atoms with Crippen molar-refractivity contribution in [3.05, 3.63) is 19.5 Å². The first-order chi connectivity index (χ1) is 2.77. The molecule has 0 spiro atoms. The van der Waals surface area contributed by atoms with Crippen LogP contribution in [0.4, 0.5) is 0 Å². The van der Waals surface area contributed by atoms with E-state index in [1.54, 1.807) is 0 Å². The largest absolute Gasteiger partial charge is 0.103 e. The van der Waals surface area contributed by atoms with Crippen LogP contribution in [0.15, 0.2) is 12.7 Å². The Morgan fingerprint density at radius 3 is 3.00 bits per heavy atom. The van der Waals surface area contributed by atoms with Crippen LogP contribution in [-0.2, 0) is 0 Å². The minimum atomic E-state index is -0.0787. The summed E-state index contributed by atoms with van der Waals surface area (Å²) < 4.78 is 13.0. The topological polar surface area (TPSA) is 0 Å². The zero-order valence-corrected chi connectivity index (χ0v) is 2.49. The third-order valence-corrected chi connectivity index (χ3v) is 0.144. The molecule has 4 heavy (non-hydrogen) atoms. The molecule has 0 amide bonds. The second-order valence-corrected chi connectivity index (χ2v) is 0.493. The highest BCUT2D eigenvalue weighted by Gasteiger charge is 1.45. The minimum absolute atomic E-state index is 0.0787. The molecule has 0 saturated heterocycles. The molecule has 0 bridgehead atoms. The molecular weight excluding hydrogens is 48.0 g/mol. The van der Waals surface area contributed by atoms with E-state index in [0.717, 1.165) is 0 Å². The molecule has 0 N–H and O–H groups in total. The zero-order valence-electron chi connectivity index (χ0n) is 4.49. The smallest absolute Gasteiger partial charge is 0.0270 e. The molecule has 0 atom stereocenters. The molecule has 0 heterocycles. The summed E-state index contributed by atoms with van der Waals surface area (Å²) in [7, 11) is 0. The Labute approximate surface area is 30.0 Å². The second kappa shape index (κ2) is 2.74. The lowest BCUT2D eigenvalue weighted by Gasteiger charge is -1.57. The van der Waals surface area contributed by atoms with Gasteiger partial charge in [0.1, 0.15) is 0 Å². The van der Waals surface area contributed by atoms with Crippen LogP contribution in [0.1, 0.15) is 9.16 Å². The SMILES string of the molecule is [2H][C]([2H])CC=C. The van der Waals surface area contributed by atoms with Crippen molar-refractivity contribution < 1.29 is 2.74 Å². The van der Waals surface area contributed by atoms with Crippen LogP contribution in [0.25, 0.3) is 0 Å². The van der Waals surface area contributed by atoms with E-state index in [4.69, 9.17) is 2.74 Å². The van der Waals surface area contributed by atoms with E-state index in [0.29, 0.717) is 6.42 Å². The van der Waals surface area contributed by atoms with Crippen molar-refractivity contribution in [3.8, 4) is 0 Å². The second-order valence-electron chi connectivity index (χ2n) is 0.493. The predicted molar refractivity (Wildman–Crippen MR) is 20.2 cm³/mol. The summed E-state index contributed by atoms with van der Waals surface area (Å²) in [6.45, 7) is 3.26. The Kier molecular flexibility index (Phi) is 0.856. The molecule has 0 saturated carbocycles. The van der Waals surface area contributed by atoms with Gasteiger partial charge in [0.2, 0.25) is 0 Å². The van der Waals surface area contributed by atoms with Gasteiger partial charge in [-0.2, -0.15) is 0 Å². The molecular formula is C4H7. The molecule has 0 heteroatoms. The normalized spacial score (nSPS) is 14.2. The average Bonchev–Trinajstić information content (AvgIpc) is 1.35. The van der Waals surface area contributed by atoms with Gasteiger partial charge in [-0.1, -0.05) is 6.08 Å². The minimum Gasteiger partial charge on any atom is -0.103 e. The fraction of sp³-hybridized carbons (Fsp3) is 0.250. The molecule has 0 rings (SSSR count). The van der Waals surface area contributed by atoms with Crippen molar-refractivity contribution in [3.63, 3.8) is 0 Å². The Hall–Kier alpha value is -0.260. The van der Waals surface area contributed by atoms with Gasteiger partial charge in [0.05, 0.1) is 0 Å². The van der Waals surface area contributed by atoms with Crippen LogP contribution in [0, 0.1) is 6.88 Å². The van der Waals surface area contributed by atoms with Gasteiger partial charge >= 0.3 is 0 Å². The first kappa shape index (κ1) is 1.25. The first-order valence-electron chi connectivity index (χ1n) is 2.17. The molecule has 0 aliphatic heterocycles. The van der Waals surface area contributed by atoms with E-state index >= 15 is 0 Å². The first-order valence-corrected chi connectivity index (χ1v) is 1.17. The monoisotopic (exact) mass is 57.1 g/mol. The highest BCUT2D eigenvalue weighted by Crippen LogP contribution is 1.65. The van der Waals surface area contributed by atoms with Crippen molar-refractivity contribution in [2.75, 3.05) is 0 Å². The third kappa shape index (κ3) is 1.74. The Morgan fingerprint density at radius 1 is 2.25 bits per heavy atom. The highest BCUT2D eigenvalue weighted by molar-refractivity contribution is 4.65. The van der Waals surface area contributed by atoms with Crippen LogP contribution in [-0.4, -0.2) is 0 Å². The van der Waals surface area contributed by atoms with Crippen LogP contribution in [0.5, 0.6) is 0 Å². The van der Waals surface area contributed by atoms with Crippen LogP contribution in [0.3, 0.4) is 0 Å². The summed E-state index contributed by atoms with van der Waals surface area (Å²) >= 11 is 0. The van der Waals surface area contributed by atoms with Gasteiger partial charge in [0.15, 0.2) is 0 Å². The molecule has 1 radical (unpaired) electrons. The van der Waals surface area contributed by atoms with Gasteiger partial charge in [0.25, 0.3) is 0 Å². The predicted octanol–water partition coefficient (Wildman–Crippen LogP) is 1.40. The van der Waals surface area contributed by atoms with Gasteiger partial charge in [0, 0.05) is 2.74 Å². The third-order valence-electron chi connectivity index (χ3n) is 0.144. The van der Waals surface area contributed by atoms with Crippen molar-refractivity contribution in [2.45, 2.75) is 6.42 Å². The fourth-order valence-corrected chi connectivity index (χ4v) is 0. The number of hydrogen-bond acceptors (Lipinski definition) is 0. The quantitative estimate of drug-likeness (QED) is 0.420. The van der Waals surface area contributed by atoms with E-state index in [-0.39, 0.29) is 6.88 Å². The summed E-state index contributed by atoms with van der Waals surface area (Å²) in [4.78, 5) is 0. The molecule has 0 aliphatic carbocycles. The Balaban J connectivity index is 2.81. The van der Waals surface area contributed by atoms with Gasteiger partial charge in [-0.25, -0.2) is 0 Å². The summed E-state index contributed by atoms with van der Waals surface area (Å²) in [6.07, 6.45) is 1.93. The molecule has 0 fully saturated rings. The summed E-state index contributed by atoms with van der Waals surface area (Å²) in [5.74, 6) is 0. The molecule has 0 nitrogen and oxygen atoms in total. The Bertz CT molecular complexity index is 40.8. The number of hydrogen-bond donors (Lipinski definition) is 0. The van der Waals surface area contributed by atoms with Crippen molar-refractivity contribution >= 4 is 0 Å². The van der Waals surface area contributed by atoms with Gasteiger partial charge < -0.3 is 0 Å². The lowest BCUT2D eigenvalue weighted by atomic mass is 10.5. The van der Waals surface area contributed by atoms with E-state index in [1.165, 1.54) is 6.08 Å². The lowest BCUT2D eigenvalue weighted by molar-refractivity contribution is 1.42. The van der Waals surface area contributed by atoms with E-state index < -0.39 is 0 Å². The van der Waals surface area contributed by atoms with E-state index in [2.05, 4.69) is 6.58 Å². The Morgan fingerprint density at radius 2 is 3.00 bits per heavy atom. The maximum atomic E-state index is 6.49. The van der Waals surface area contributed by atoms with E-state index in [1.807, 2.05) is 0 Å². The van der Waals surface area contributed by atoms with Gasteiger partial charge in [-0.15, -0.1) is 6.58 Å². The van der Waals surface area contributed by atoms with Gasteiger partial charge in [-0.3, -0.25) is 0 Å². The lowest BCUT2D eigenvalue weighted by Crippen LogP contribution is -1.37. The van der Waals surface area contributed by atoms with Crippen molar-refractivity contribution in [1.29, 1.82) is 0 Å². The maximum Gasteiger partial charge on any atom is 0.0270 e. The zero-order chi connectivity index (χ0) is 4.99. The molecule has 0 aromatic rings. The summed E-state index contributed by atoms with van der Waals surface area (Å²) in [5.41, 5.74) is 0. The number of allylic oxidation sites excluding steroid dienone is 1.